The molecule has 16 heavy (non-hydrogen) atoms. The molecule has 0 aromatic rings. The minimum absolute atomic E-state index is 0.794. The van der Waals surface area contributed by atoms with Crippen LogP contribution in [-0.4, -0.2) is 61.7 Å². The molecule has 0 amide bonds. The van der Waals surface area contributed by atoms with E-state index in [0.29, 0.717) is 0 Å². The minimum Gasteiger partial charge on any atom is -0.315 e. The van der Waals surface area contributed by atoms with E-state index in [4.69, 9.17) is 0 Å². The molecule has 3 nitrogen and oxygen atoms in total. The SMILES string of the molecule is CCCN1CCC(N(C)C2CCNC2)CC1. The Morgan fingerprint density at radius 3 is 2.50 bits per heavy atom. The summed E-state index contributed by atoms with van der Waals surface area (Å²) in [6.45, 7) is 8.60. The summed E-state index contributed by atoms with van der Waals surface area (Å²) in [6.07, 6.45) is 5.37. The maximum Gasteiger partial charge on any atom is 0.0232 e. The van der Waals surface area contributed by atoms with Crippen LogP contribution >= 0.6 is 0 Å². The summed E-state index contributed by atoms with van der Waals surface area (Å²) in [6, 6.07) is 1.63. The number of nitrogens with one attached hydrogen (secondary N) is 1. The fraction of sp³-hybridized carbons (Fsp3) is 1.00. The Morgan fingerprint density at radius 1 is 1.19 bits per heavy atom. The molecular weight excluding hydrogens is 198 g/mol. The highest BCUT2D eigenvalue weighted by atomic mass is 15.2. The van der Waals surface area contributed by atoms with Crippen molar-refractivity contribution in [3.63, 3.8) is 0 Å². The first kappa shape index (κ1) is 12.3. The molecule has 2 fully saturated rings. The molecule has 0 bridgehead atoms. The molecule has 94 valence electrons. The van der Waals surface area contributed by atoms with Crippen molar-refractivity contribution in [2.75, 3.05) is 39.8 Å². The van der Waals surface area contributed by atoms with Crippen molar-refractivity contribution in [2.45, 2.75) is 44.7 Å². The van der Waals surface area contributed by atoms with Crippen molar-refractivity contribution in [1.29, 1.82) is 0 Å². The molecule has 2 heterocycles. The highest BCUT2D eigenvalue weighted by Crippen LogP contribution is 2.19. The molecule has 0 aromatic heterocycles. The van der Waals surface area contributed by atoms with Gasteiger partial charge in [0.25, 0.3) is 0 Å². The summed E-state index contributed by atoms with van der Waals surface area (Å²) in [5.74, 6) is 0. The average Bonchev–Trinajstić information content (AvgIpc) is 2.83. The number of nitrogens with zero attached hydrogens (tertiary/aromatic N) is 2. The number of likely N-dealkylation sites (N-methyl/N-ethyl adjacent to an activating group) is 1. The van der Waals surface area contributed by atoms with Crippen LogP contribution in [0.25, 0.3) is 0 Å². The van der Waals surface area contributed by atoms with Gasteiger partial charge in [-0.1, -0.05) is 6.92 Å². The molecule has 0 saturated carbocycles. The van der Waals surface area contributed by atoms with Crippen molar-refractivity contribution in [3.8, 4) is 0 Å². The lowest BCUT2D eigenvalue weighted by Gasteiger charge is -2.39. The molecule has 3 heteroatoms. The molecule has 2 aliphatic rings. The van der Waals surface area contributed by atoms with Gasteiger partial charge in [0.05, 0.1) is 0 Å². The van der Waals surface area contributed by atoms with Crippen LogP contribution in [0.3, 0.4) is 0 Å². The molecule has 2 saturated heterocycles. The van der Waals surface area contributed by atoms with Gasteiger partial charge >= 0.3 is 0 Å². The van der Waals surface area contributed by atoms with Gasteiger partial charge in [-0.2, -0.15) is 0 Å². The number of hydrogen-bond acceptors (Lipinski definition) is 3. The maximum absolute atomic E-state index is 3.47. The molecule has 2 aliphatic heterocycles. The molecule has 1 atom stereocenters. The van der Waals surface area contributed by atoms with Gasteiger partial charge in [0.1, 0.15) is 0 Å². The highest BCUT2D eigenvalue weighted by Gasteiger charge is 2.28. The smallest absolute Gasteiger partial charge is 0.0232 e. The van der Waals surface area contributed by atoms with Crippen LogP contribution in [0.15, 0.2) is 0 Å². The number of piperidine rings is 1. The Hall–Kier alpha value is -0.120. The lowest BCUT2D eigenvalue weighted by Crippen LogP contribution is -2.47. The average molecular weight is 225 g/mol. The summed E-state index contributed by atoms with van der Waals surface area (Å²) < 4.78 is 0. The molecule has 1 N–H and O–H groups in total. The normalized spacial score (nSPS) is 29.1. The van der Waals surface area contributed by atoms with Gasteiger partial charge in [-0.3, -0.25) is 4.90 Å². The zero-order valence-corrected chi connectivity index (χ0v) is 10.9. The monoisotopic (exact) mass is 225 g/mol. The fourth-order valence-corrected chi connectivity index (χ4v) is 3.15. The first-order valence-corrected chi connectivity index (χ1v) is 6.96. The third kappa shape index (κ3) is 2.96. The van der Waals surface area contributed by atoms with E-state index in [1.807, 2.05) is 0 Å². The Morgan fingerprint density at radius 2 is 1.94 bits per heavy atom. The second-order valence-electron chi connectivity index (χ2n) is 5.38. The minimum atomic E-state index is 0.794. The van der Waals surface area contributed by atoms with E-state index in [1.54, 1.807) is 0 Å². The van der Waals surface area contributed by atoms with Crippen molar-refractivity contribution < 1.29 is 0 Å². The van der Waals surface area contributed by atoms with E-state index in [2.05, 4.69) is 29.1 Å². The van der Waals surface area contributed by atoms with Crippen LogP contribution in [0.1, 0.15) is 32.6 Å². The molecule has 0 spiro atoms. The lowest BCUT2D eigenvalue weighted by molar-refractivity contribution is 0.102. The van der Waals surface area contributed by atoms with Gasteiger partial charge in [0.15, 0.2) is 0 Å². The third-order valence-electron chi connectivity index (χ3n) is 4.28. The summed E-state index contributed by atoms with van der Waals surface area (Å²) in [5.41, 5.74) is 0. The first-order chi connectivity index (χ1) is 7.81. The van der Waals surface area contributed by atoms with Gasteiger partial charge in [-0.05, 0) is 58.9 Å². The van der Waals surface area contributed by atoms with Crippen molar-refractivity contribution in [3.05, 3.63) is 0 Å². The van der Waals surface area contributed by atoms with Gasteiger partial charge in [-0.25, -0.2) is 0 Å². The van der Waals surface area contributed by atoms with Crippen LogP contribution in [-0.2, 0) is 0 Å². The second-order valence-corrected chi connectivity index (χ2v) is 5.38. The second kappa shape index (κ2) is 5.99. The van der Waals surface area contributed by atoms with Gasteiger partial charge < -0.3 is 10.2 Å². The van der Waals surface area contributed by atoms with Crippen LogP contribution in [0.5, 0.6) is 0 Å². The van der Waals surface area contributed by atoms with Crippen LogP contribution in [0, 0.1) is 0 Å². The largest absolute Gasteiger partial charge is 0.315 e. The van der Waals surface area contributed by atoms with E-state index in [9.17, 15) is 0 Å². The van der Waals surface area contributed by atoms with Crippen molar-refractivity contribution in [1.82, 2.24) is 15.1 Å². The Kier molecular flexibility index (Phi) is 4.62. The van der Waals surface area contributed by atoms with E-state index >= 15 is 0 Å². The molecule has 2 rings (SSSR count). The third-order valence-corrected chi connectivity index (χ3v) is 4.28. The first-order valence-electron chi connectivity index (χ1n) is 6.96. The Bertz CT molecular complexity index is 193. The molecular formula is C13H27N3. The standard InChI is InChI=1S/C13H27N3/c1-3-8-16-9-5-12(6-10-16)15(2)13-4-7-14-11-13/h12-14H,3-11H2,1-2H3. The maximum atomic E-state index is 3.47. The van der Waals surface area contributed by atoms with Crippen LogP contribution < -0.4 is 5.32 Å². The summed E-state index contributed by atoms with van der Waals surface area (Å²) in [7, 11) is 2.33. The van der Waals surface area contributed by atoms with Crippen molar-refractivity contribution in [2.24, 2.45) is 0 Å². The zero-order valence-electron chi connectivity index (χ0n) is 10.9. The molecule has 0 radical (unpaired) electrons. The quantitative estimate of drug-likeness (QED) is 0.774. The lowest BCUT2D eigenvalue weighted by atomic mass is 10.0. The Labute approximate surface area is 100 Å². The van der Waals surface area contributed by atoms with E-state index in [0.717, 1.165) is 12.1 Å². The summed E-state index contributed by atoms with van der Waals surface area (Å²) >= 11 is 0. The highest BCUT2D eigenvalue weighted by molar-refractivity contribution is 4.86. The zero-order chi connectivity index (χ0) is 11.4. The molecule has 0 aliphatic carbocycles. The summed E-state index contributed by atoms with van der Waals surface area (Å²) in [5, 5.41) is 3.47. The van der Waals surface area contributed by atoms with Gasteiger partial charge in [-0.15, -0.1) is 0 Å². The predicted octanol–water partition coefficient (Wildman–Crippen LogP) is 1.15. The molecule has 1 unspecified atom stereocenters. The van der Waals surface area contributed by atoms with Gasteiger partial charge in [0.2, 0.25) is 0 Å². The van der Waals surface area contributed by atoms with Crippen LogP contribution in [0.4, 0.5) is 0 Å². The van der Waals surface area contributed by atoms with Crippen LogP contribution in [0.2, 0.25) is 0 Å². The predicted molar refractivity (Wildman–Crippen MR) is 68.8 cm³/mol. The van der Waals surface area contributed by atoms with Gasteiger partial charge in [0, 0.05) is 18.6 Å². The number of rotatable bonds is 4. The van der Waals surface area contributed by atoms with Crippen molar-refractivity contribution >= 4 is 0 Å². The van der Waals surface area contributed by atoms with E-state index in [-0.39, 0.29) is 0 Å². The topological polar surface area (TPSA) is 18.5 Å². The van der Waals surface area contributed by atoms with E-state index < -0.39 is 0 Å². The van der Waals surface area contributed by atoms with E-state index in [1.165, 1.54) is 58.4 Å². The number of hydrogen-bond donors (Lipinski definition) is 1. The summed E-state index contributed by atoms with van der Waals surface area (Å²) in [4.78, 5) is 5.26. The fourth-order valence-electron chi connectivity index (χ4n) is 3.15. The molecule has 0 aromatic carbocycles. The number of likely N-dealkylation sites (tertiary alicyclic amines) is 1. The Balaban J connectivity index is 1.74.